The summed E-state index contributed by atoms with van der Waals surface area (Å²) in [7, 11) is 1.63. The second kappa shape index (κ2) is 10.3. The number of benzene rings is 1. The van der Waals surface area contributed by atoms with Gasteiger partial charge in [0.25, 0.3) is 5.91 Å². The largest absolute Gasteiger partial charge is 0.497 e. The van der Waals surface area contributed by atoms with Crippen LogP contribution in [0.25, 0.3) is 0 Å². The van der Waals surface area contributed by atoms with Gasteiger partial charge in [0.1, 0.15) is 17.5 Å². The summed E-state index contributed by atoms with van der Waals surface area (Å²) >= 11 is 0. The summed E-state index contributed by atoms with van der Waals surface area (Å²) < 4.78 is 10.3. The van der Waals surface area contributed by atoms with Crippen LogP contribution in [0.3, 0.4) is 0 Å². The van der Waals surface area contributed by atoms with Crippen LogP contribution >= 0.6 is 0 Å². The van der Waals surface area contributed by atoms with Crippen molar-refractivity contribution < 1.29 is 19.1 Å². The molecule has 1 amide bonds. The van der Waals surface area contributed by atoms with Crippen LogP contribution in [0, 0.1) is 5.92 Å². The molecule has 144 valence electrons. The molecule has 0 bridgehead atoms. The van der Waals surface area contributed by atoms with Gasteiger partial charge in [0.05, 0.1) is 13.7 Å². The highest BCUT2D eigenvalue weighted by Gasteiger charge is 2.25. The molecule has 27 heavy (non-hydrogen) atoms. The summed E-state index contributed by atoms with van der Waals surface area (Å²) in [6.45, 7) is 4.06. The van der Waals surface area contributed by atoms with Crippen LogP contribution < -0.4 is 10.1 Å². The third-order valence-electron chi connectivity index (χ3n) is 4.16. The molecule has 0 aliphatic rings. The Morgan fingerprint density at radius 3 is 2.48 bits per heavy atom. The molecule has 0 spiro atoms. The molecule has 6 nitrogen and oxygen atoms in total. The number of carbonyl (C=O) groups excluding carboxylic acids is 2. The highest BCUT2D eigenvalue weighted by Crippen LogP contribution is 2.18. The molecule has 0 saturated heterocycles. The van der Waals surface area contributed by atoms with E-state index >= 15 is 0 Å². The Morgan fingerprint density at radius 1 is 1.15 bits per heavy atom. The molecule has 0 aliphatic carbocycles. The summed E-state index contributed by atoms with van der Waals surface area (Å²) in [5, 5.41) is 2.76. The van der Waals surface area contributed by atoms with Crippen molar-refractivity contribution in [1.82, 2.24) is 10.3 Å². The van der Waals surface area contributed by atoms with Crippen LogP contribution in [0.1, 0.15) is 36.3 Å². The molecule has 1 heterocycles. The highest BCUT2D eigenvalue weighted by molar-refractivity contribution is 5.95. The summed E-state index contributed by atoms with van der Waals surface area (Å²) in [4.78, 5) is 28.7. The average molecular weight is 370 g/mol. The fourth-order valence-electron chi connectivity index (χ4n) is 2.84. The van der Waals surface area contributed by atoms with E-state index in [9.17, 15) is 9.59 Å². The molecule has 2 aromatic rings. The van der Waals surface area contributed by atoms with E-state index in [2.05, 4.69) is 10.3 Å². The number of aromatic nitrogens is 1. The van der Waals surface area contributed by atoms with Gasteiger partial charge in [-0.15, -0.1) is 0 Å². The second-order valence-electron chi connectivity index (χ2n) is 6.39. The number of nitrogens with one attached hydrogen (secondary N) is 1. The number of hydrogen-bond donors (Lipinski definition) is 1. The van der Waals surface area contributed by atoms with Gasteiger partial charge < -0.3 is 14.8 Å². The molecule has 1 aromatic carbocycles. The fourth-order valence-corrected chi connectivity index (χ4v) is 2.84. The number of pyridine rings is 1. The van der Waals surface area contributed by atoms with Crippen molar-refractivity contribution >= 4 is 11.9 Å². The van der Waals surface area contributed by atoms with E-state index in [-0.39, 0.29) is 24.1 Å². The maximum absolute atomic E-state index is 12.4. The average Bonchev–Trinajstić information content (AvgIpc) is 2.68. The fraction of sp³-hybridized carbons (Fsp3) is 0.381. The zero-order chi connectivity index (χ0) is 19.6. The third-order valence-corrected chi connectivity index (χ3v) is 4.16. The van der Waals surface area contributed by atoms with Gasteiger partial charge >= 0.3 is 5.97 Å². The first-order valence-electron chi connectivity index (χ1n) is 9.05. The van der Waals surface area contributed by atoms with E-state index in [4.69, 9.17) is 9.47 Å². The van der Waals surface area contributed by atoms with E-state index in [1.807, 2.05) is 31.2 Å². The smallest absolute Gasteiger partial charge is 0.328 e. The van der Waals surface area contributed by atoms with E-state index < -0.39 is 12.0 Å². The Morgan fingerprint density at radius 2 is 1.89 bits per heavy atom. The minimum Gasteiger partial charge on any atom is -0.497 e. The van der Waals surface area contributed by atoms with Gasteiger partial charge in [-0.05, 0) is 55.5 Å². The van der Waals surface area contributed by atoms with Crippen LogP contribution in [0.5, 0.6) is 5.75 Å². The maximum atomic E-state index is 12.4. The van der Waals surface area contributed by atoms with E-state index in [0.29, 0.717) is 6.42 Å². The summed E-state index contributed by atoms with van der Waals surface area (Å²) in [6, 6.07) is 12.2. The van der Waals surface area contributed by atoms with Crippen molar-refractivity contribution in [2.75, 3.05) is 13.7 Å². The third kappa shape index (κ3) is 6.40. The van der Waals surface area contributed by atoms with E-state index in [0.717, 1.165) is 17.7 Å². The Balaban J connectivity index is 2.02. The van der Waals surface area contributed by atoms with Crippen molar-refractivity contribution in [1.29, 1.82) is 0 Å². The molecule has 0 saturated carbocycles. The lowest BCUT2D eigenvalue weighted by atomic mass is 9.94. The SMILES string of the molecule is CCOC(=O)C(CC(C)Cc1ccc(OC)cc1)NC(=O)c1ccccn1. The minimum atomic E-state index is -0.715. The molecule has 2 rings (SSSR count). The lowest BCUT2D eigenvalue weighted by Gasteiger charge is -2.21. The van der Waals surface area contributed by atoms with Crippen LogP contribution in [0.15, 0.2) is 48.7 Å². The van der Waals surface area contributed by atoms with Crippen molar-refractivity contribution in [3.05, 3.63) is 59.9 Å². The van der Waals surface area contributed by atoms with Crippen LogP contribution in [0.2, 0.25) is 0 Å². The summed E-state index contributed by atoms with van der Waals surface area (Å²) in [5.41, 5.74) is 1.41. The zero-order valence-corrected chi connectivity index (χ0v) is 16.0. The topological polar surface area (TPSA) is 77.5 Å². The van der Waals surface area contributed by atoms with Crippen molar-refractivity contribution in [3.63, 3.8) is 0 Å². The molecule has 1 N–H and O–H groups in total. The summed E-state index contributed by atoms with van der Waals surface area (Å²) in [6.07, 6.45) is 2.80. The molecule has 0 radical (unpaired) electrons. The number of carbonyl (C=O) groups is 2. The van der Waals surface area contributed by atoms with Crippen LogP contribution in [0.4, 0.5) is 0 Å². The van der Waals surface area contributed by atoms with Crippen LogP contribution in [-0.4, -0.2) is 36.6 Å². The maximum Gasteiger partial charge on any atom is 0.328 e. The number of methoxy groups -OCH3 is 1. The monoisotopic (exact) mass is 370 g/mol. The Bertz CT molecular complexity index is 732. The summed E-state index contributed by atoms with van der Waals surface area (Å²) in [5.74, 6) is 0.156. The first-order valence-corrected chi connectivity index (χ1v) is 9.05. The van der Waals surface area contributed by atoms with E-state index in [1.54, 1.807) is 38.4 Å². The van der Waals surface area contributed by atoms with Gasteiger partial charge in [-0.1, -0.05) is 25.1 Å². The molecular formula is C21H26N2O4. The highest BCUT2D eigenvalue weighted by atomic mass is 16.5. The van der Waals surface area contributed by atoms with Gasteiger partial charge in [0, 0.05) is 6.20 Å². The predicted octanol–water partition coefficient (Wildman–Crippen LogP) is 3.02. The van der Waals surface area contributed by atoms with Crippen LogP contribution in [-0.2, 0) is 16.0 Å². The molecule has 0 aliphatic heterocycles. The van der Waals surface area contributed by atoms with Crippen molar-refractivity contribution in [3.8, 4) is 5.75 Å². The molecule has 2 atom stereocenters. The molecule has 1 aromatic heterocycles. The van der Waals surface area contributed by atoms with Gasteiger partial charge in [-0.2, -0.15) is 0 Å². The number of hydrogen-bond acceptors (Lipinski definition) is 5. The Kier molecular flexibility index (Phi) is 7.79. The number of esters is 1. The molecule has 0 fully saturated rings. The van der Waals surface area contributed by atoms with E-state index in [1.165, 1.54) is 0 Å². The lowest BCUT2D eigenvalue weighted by Crippen LogP contribution is -2.43. The second-order valence-corrected chi connectivity index (χ2v) is 6.39. The molecular weight excluding hydrogens is 344 g/mol. The number of ether oxygens (including phenoxy) is 2. The minimum absolute atomic E-state index is 0.164. The van der Waals surface area contributed by atoms with Gasteiger partial charge in [-0.3, -0.25) is 9.78 Å². The first-order chi connectivity index (χ1) is 13.0. The predicted molar refractivity (Wildman–Crippen MR) is 103 cm³/mol. The normalized spacial score (nSPS) is 12.7. The standard InChI is InChI=1S/C21H26N2O4/c1-4-27-21(25)19(23-20(24)18-7-5-6-12-22-18)14-15(2)13-16-8-10-17(26-3)11-9-16/h5-12,15,19H,4,13-14H2,1-3H3,(H,23,24). The lowest BCUT2D eigenvalue weighted by molar-refractivity contribution is -0.145. The van der Waals surface area contributed by atoms with Gasteiger partial charge in [-0.25, -0.2) is 4.79 Å². The van der Waals surface area contributed by atoms with Crippen molar-refractivity contribution in [2.24, 2.45) is 5.92 Å². The van der Waals surface area contributed by atoms with Gasteiger partial charge in [0.15, 0.2) is 0 Å². The zero-order valence-electron chi connectivity index (χ0n) is 16.0. The molecule has 6 heteroatoms. The quantitative estimate of drug-likeness (QED) is 0.687. The van der Waals surface area contributed by atoms with Crippen molar-refractivity contribution in [2.45, 2.75) is 32.7 Å². The number of nitrogens with zero attached hydrogens (tertiary/aromatic N) is 1. The molecule has 2 unspecified atom stereocenters. The Labute approximate surface area is 159 Å². The number of amides is 1. The number of rotatable bonds is 9. The van der Waals surface area contributed by atoms with Gasteiger partial charge in [0.2, 0.25) is 0 Å². The Hall–Kier alpha value is -2.89. The first kappa shape index (κ1) is 20.4.